The van der Waals surface area contributed by atoms with Crippen molar-refractivity contribution < 1.29 is 0 Å². The number of hydrogen-bond donors (Lipinski definition) is 0. The Bertz CT molecular complexity index is 126. The molecule has 0 aliphatic heterocycles. The molecule has 0 saturated heterocycles. The lowest BCUT2D eigenvalue weighted by molar-refractivity contribution is 1.05. The first kappa shape index (κ1) is 8.56. The van der Waals surface area contributed by atoms with Crippen molar-refractivity contribution in [2.75, 3.05) is 0 Å². The van der Waals surface area contributed by atoms with Crippen molar-refractivity contribution in [2.45, 2.75) is 27.2 Å². The smallest absolute Gasteiger partial charge is 0.114 e. The number of hydrogen-bond acceptors (Lipinski definition) is 3. The van der Waals surface area contributed by atoms with Crippen LogP contribution in [0, 0.1) is 6.92 Å². The predicted octanol–water partition coefficient (Wildman–Crippen LogP) is 2.26. The van der Waals surface area contributed by atoms with Gasteiger partial charge in [0.05, 0.1) is 0 Å². The van der Waals surface area contributed by atoms with Gasteiger partial charge in [0.25, 0.3) is 0 Å². The highest BCUT2D eigenvalue weighted by Gasteiger charge is 1.78. The minimum Gasteiger partial charge on any atom is -0.147 e. The summed E-state index contributed by atoms with van der Waals surface area (Å²) in [5.41, 5.74) is 1.72. The van der Waals surface area contributed by atoms with Crippen LogP contribution in [0.4, 0.5) is 0 Å². The van der Waals surface area contributed by atoms with E-state index in [0.29, 0.717) is 0 Å². The molecule has 0 bridgehead atoms. The normalized spacial score (nSPS) is 7.89. The van der Waals surface area contributed by atoms with E-state index < -0.39 is 0 Å². The Morgan fingerprint density at radius 3 is 2.22 bits per heavy atom. The number of nitrogens with zero attached hydrogens (tertiary/aromatic N) is 2. The average Bonchev–Trinajstić information content (AvgIpc) is 2.20. The van der Waals surface area contributed by atoms with Crippen molar-refractivity contribution in [3.63, 3.8) is 0 Å². The van der Waals surface area contributed by atoms with Gasteiger partial charge in [-0.1, -0.05) is 20.3 Å². The first-order valence-corrected chi connectivity index (χ1v) is 3.92. The van der Waals surface area contributed by atoms with E-state index in [2.05, 4.69) is 24.0 Å². The van der Waals surface area contributed by atoms with E-state index in [1.807, 2.05) is 6.92 Å². The van der Waals surface area contributed by atoms with Gasteiger partial charge in [0.1, 0.15) is 10.5 Å². The summed E-state index contributed by atoms with van der Waals surface area (Å²) in [7, 11) is 0. The fourth-order valence-corrected chi connectivity index (χ4v) is 0.569. The molecule has 1 rings (SSSR count). The first-order valence-electron chi connectivity index (χ1n) is 3.04. The molecule has 0 aliphatic rings. The summed E-state index contributed by atoms with van der Waals surface area (Å²) in [4.78, 5) is 0. The van der Waals surface area contributed by atoms with Crippen LogP contribution in [0.15, 0.2) is 5.51 Å². The number of aromatic nitrogens is 2. The summed E-state index contributed by atoms with van der Waals surface area (Å²) < 4.78 is 0. The molecule has 0 saturated carbocycles. The van der Waals surface area contributed by atoms with Crippen molar-refractivity contribution in [2.24, 2.45) is 0 Å². The van der Waals surface area contributed by atoms with E-state index in [-0.39, 0.29) is 0 Å². The molecular weight excluding hydrogens is 132 g/mol. The van der Waals surface area contributed by atoms with Gasteiger partial charge in [-0.25, -0.2) is 0 Å². The summed E-state index contributed by atoms with van der Waals surface area (Å²) in [6.07, 6.45) is 1.25. The van der Waals surface area contributed by atoms with Gasteiger partial charge in [-0.2, -0.15) is 0 Å². The van der Waals surface area contributed by atoms with Crippen molar-refractivity contribution in [3.05, 3.63) is 10.5 Å². The summed E-state index contributed by atoms with van der Waals surface area (Å²) in [6, 6.07) is 0. The second-order valence-electron chi connectivity index (χ2n) is 1.66. The second-order valence-corrected chi connectivity index (χ2v) is 2.70. The summed E-state index contributed by atoms with van der Waals surface area (Å²) in [5, 5.41) is 8.30. The van der Waals surface area contributed by atoms with Gasteiger partial charge in [0.2, 0.25) is 0 Å². The standard InChI is InChI=1S/C3H4N2S.C3H8/c1-3-5-4-2-6-3;1-3-2/h2H,1H3;3H2,1-2H3. The van der Waals surface area contributed by atoms with Crippen LogP contribution in [0.2, 0.25) is 0 Å². The van der Waals surface area contributed by atoms with Crippen LogP contribution < -0.4 is 0 Å². The zero-order chi connectivity index (χ0) is 7.11. The first-order chi connectivity index (χ1) is 4.31. The van der Waals surface area contributed by atoms with Crippen LogP contribution >= 0.6 is 11.3 Å². The lowest BCUT2D eigenvalue weighted by Crippen LogP contribution is -1.64. The molecule has 0 aliphatic carbocycles. The van der Waals surface area contributed by atoms with Crippen LogP contribution in [-0.2, 0) is 0 Å². The zero-order valence-corrected chi connectivity index (χ0v) is 6.90. The molecule has 0 amide bonds. The van der Waals surface area contributed by atoms with E-state index in [0.717, 1.165) is 5.01 Å². The molecule has 1 heterocycles. The monoisotopic (exact) mass is 144 g/mol. The Balaban J connectivity index is 0.000000187. The molecule has 1 aromatic heterocycles. The molecule has 2 nitrogen and oxygen atoms in total. The highest BCUT2D eigenvalue weighted by Crippen LogP contribution is 1.94. The third-order valence-corrected chi connectivity index (χ3v) is 1.09. The lowest BCUT2D eigenvalue weighted by Gasteiger charge is -1.61. The summed E-state index contributed by atoms with van der Waals surface area (Å²) in [5.74, 6) is 0. The van der Waals surface area contributed by atoms with E-state index >= 15 is 0 Å². The lowest BCUT2D eigenvalue weighted by atomic mass is 10.6. The number of aryl methyl sites for hydroxylation is 1. The van der Waals surface area contributed by atoms with Crippen LogP contribution in [-0.4, -0.2) is 10.2 Å². The highest BCUT2D eigenvalue weighted by atomic mass is 32.1. The van der Waals surface area contributed by atoms with E-state index in [4.69, 9.17) is 0 Å². The molecule has 52 valence electrons. The van der Waals surface area contributed by atoms with Crippen molar-refractivity contribution in [1.82, 2.24) is 10.2 Å². The predicted molar refractivity (Wildman–Crippen MR) is 40.6 cm³/mol. The zero-order valence-electron chi connectivity index (χ0n) is 6.09. The molecule has 1 aromatic rings. The average molecular weight is 144 g/mol. The molecule has 0 spiro atoms. The fourth-order valence-electron chi connectivity index (χ4n) is 0.228. The highest BCUT2D eigenvalue weighted by molar-refractivity contribution is 7.09. The minimum atomic E-state index is 1.02. The molecule has 3 heteroatoms. The minimum absolute atomic E-state index is 1.02. The number of rotatable bonds is 0. The van der Waals surface area contributed by atoms with Crippen LogP contribution in [0.3, 0.4) is 0 Å². The van der Waals surface area contributed by atoms with E-state index in [1.165, 1.54) is 6.42 Å². The maximum atomic E-state index is 3.69. The van der Waals surface area contributed by atoms with Gasteiger partial charge in [-0.05, 0) is 6.92 Å². The van der Waals surface area contributed by atoms with Gasteiger partial charge in [0, 0.05) is 0 Å². The van der Waals surface area contributed by atoms with Gasteiger partial charge < -0.3 is 0 Å². The molecule has 0 unspecified atom stereocenters. The van der Waals surface area contributed by atoms with Crippen molar-refractivity contribution in [3.8, 4) is 0 Å². The van der Waals surface area contributed by atoms with Crippen molar-refractivity contribution >= 4 is 11.3 Å². The molecule has 0 N–H and O–H groups in total. The van der Waals surface area contributed by atoms with Crippen LogP contribution in [0.25, 0.3) is 0 Å². The molecule has 0 atom stereocenters. The molecule has 0 aromatic carbocycles. The second kappa shape index (κ2) is 5.69. The van der Waals surface area contributed by atoms with Crippen molar-refractivity contribution in [1.29, 1.82) is 0 Å². The Morgan fingerprint density at radius 1 is 1.56 bits per heavy atom. The SMILES string of the molecule is CCC.Cc1nncs1. The quantitative estimate of drug-likeness (QED) is 0.558. The third kappa shape index (κ3) is 5.43. The maximum absolute atomic E-state index is 3.69. The van der Waals surface area contributed by atoms with Crippen LogP contribution in [0.5, 0.6) is 0 Å². The summed E-state index contributed by atoms with van der Waals surface area (Å²) >= 11 is 1.56. The molecule has 0 fully saturated rings. The Labute approximate surface area is 59.9 Å². The Kier molecular flexibility index (Phi) is 5.41. The topological polar surface area (TPSA) is 25.8 Å². The summed E-state index contributed by atoms with van der Waals surface area (Å²) in [6.45, 7) is 6.18. The third-order valence-electron chi connectivity index (χ3n) is 0.469. The maximum Gasteiger partial charge on any atom is 0.114 e. The van der Waals surface area contributed by atoms with Gasteiger partial charge in [0.15, 0.2) is 0 Å². The van der Waals surface area contributed by atoms with E-state index in [9.17, 15) is 0 Å². The fraction of sp³-hybridized carbons (Fsp3) is 0.667. The Morgan fingerprint density at radius 2 is 2.11 bits per heavy atom. The van der Waals surface area contributed by atoms with Gasteiger partial charge >= 0.3 is 0 Å². The molecular formula is C6H12N2S. The van der Waals surface area contributed by atoms with Gasteiger partial charge in [-0.3, -0.25) is 0 Å². The van der Waals surface area contributed by atoms with E-state index in [1.54, 1.807) is 16.8 Å². The molecule has 9 heavy (non-hydrogen) atoms. The van der Waals surface area contributed by atoms with Gasteiger partial charge in [-0.15, -0.1) is 21.5 Å². The Hall–Kier alpha value is -0.440. The largest absolute Gasteiger partial charge is 0.147 e. The van der Waals surface area contributed by atoms with Crippen LogP contribution in [0.1, 0.15) is 25.3 Å². The molecule has 0 radical (unpaired) electrons.